The van der Waals surface area contributed by atoms with E-state index in [9.17, 15) is 20.1 Å². The highest BCUT2D eigenvalue weighted by Gasteiger charge is 2.44. The highest BCUT2D eigenvalue weighted by molar-refractivity contribution is 5.76. The maximum absolute atomic E-state index is 12.0. The summed E-state index contributed by atoms with van der Waals surface area (Å²) in [5.41, 5.74) is 5.64. The molecule has 7 N–H and O–H groups in total. The molecule has 0 aromatic rings. The van der Waals surface area contributed by atoms with E-state index in [1.165, 1.54) is 0 Å². The van der Waals surface area contributed by atoms with Crippen LogP contribution >= 0.6 is 0 Å². The molecule has 0 spiro atoms. The lowest BCUT2D eigenvalue weighted by Crippen LogP contribution is -2.64. The summed E-state index contributed by atoms with van der Waals surface area (Å²) in [6, 6.07) is -1.15. The maximum atomic E-state index is 12.0. The minimum atomic E-state index is -1.50. The number of aliphatic hydroxyl groups excluding tert-OH is 4. The molecule has 8 nitrogen and oxygen atoms in total. The summed E-state index contributed by atoms with van der Waals surface area (Å²) in [6.07, 6.45) is -4.43. The summed E-state index contributed by atoms with van der Waals surface area (Å²) in [4.78, 5) is 12.0. The zero-order chi connectivity index (χ0) is 16.9. The van der Waals surface area contributed by atoms with Crippen LogP contribution in [0.25, 0.3) is 0 Å². The summed E-state index contributed by atoms with van der Waals surface area (Å²) in [6.45, 7) is 3.90. The molecule has 6 atom stereocenters. The van der Waals surface area contributed by atoms with Crippen molar-refractivity contribution in [3.8, 4) is 0 Å². The van der Waals surface area contributed by atoms with Crippen LogP contribution in [0.5, 0.6) is 0 Å². The van der Waals surface area contributed by atoms with Crippen LogP contribution in [0.2, 0.25) is 0 Å². The van der Waals surface area contributed by atoms with E-state index in [0.717, 1.165) is 6.42 Å². The molecule has 0 aromatic carbocycles. The van der Waals surface area contributed by atoms with Crippen molar-refractivity contribution in [2.45, 2.75) is 57.3 Å². The molecular formula is C14H28N2O6. The van der Waals surface area contributed by atoms with Crippen molar-refractivity contribution in [3.63, 3.8) is 0 Å². The SMILES string of the molecule is CC(C)C[C@H](CN)CC(=O)N[C@H]1[C@@H](O)[C@H](O)[C@@H](CO)O[C@@H]1O. The van der Waals surface area contributed by atoms with Crippen LogP contribution < -0.4 is 11.1 Å². The largest absolute Gasteiger partial charge is 0.394 e. The van der Waals surface area contributed by atoms with Crippen LogP contribution in [0.4, 0.5) is 0 Å². The van der Waals surface area contributed by atoms with E-state index in [4.69, 9.17) is 15.6 Å². The molecule has 0 radical (unpaired) electrons. The predicted octanol–water partition coefficient (Wildman–Crippen LogP) is -2.09. The van der Waals surface area contributed by atoms with E-state index in [2.05, 4.69) is 5.32 Å². The molecular weight excluding hydrogens is 292 g/mol. The van der Waals surface area contributed by atoms with Crippen molar-refractivity contribution in [1.82, 2.24) is 5.32 Å². The first-order valence-electron chi connectivity index (χ1n) is 7.60. The number of amides is 1. The predicted molar refractivity (Wildman–Crippen MR) is 78.5 cm³/mol. The molecule has 0 aliphatic carbocycles. The highest BCUT2D eigenvalue weighted by atomic mass is 16.6. The number of hydrogen-bond donors (Lipinski definition) is 6. The van der Waals surface area contributed by atoms with Gasteiger partial charge in [-0.25, -0.2) is 0 Å². The Kier molecular flexibility index (Phi) is 7.67. The van der Waals surface area contributed by atoms with Gasteiger partial charge in [0.1, 0.15) is 24.4 Å². The Morgan fingerprint density at radius 1 is 1.27 bits per heavy atom. The smallest absolute Gasteiger partial charge is 0.220 e. The average Bonchev–Trinajstić information content (AvgIpc) is 2.46. The third-order valence-electron chi connectivity index (χ3n) is 3.84. The first-order valence-corrected chi connectivity index (χ1v) is 7.60. The number of nitrogens with one attached hydrogen (secondary N) is 1. The van der Waals surface area contributed by atoms with Gasteiger partial charge < -0.3 is 36.2 Å². The van der Waals surface area contributed by atoms with Crippen LogP contribution in [0, 0.1) is 11.8 Å². The first-order chi connectivity index (χ1) is 10.3. The molecule has 1 aliphatic rings. The van der Waals surface area contributed by atoms with E-state index in [0.29, 0.717) is 12.5 Å². The summed E-state index contributed by atoms with van der Waals surface area (Å²) < 4.78 is 4.98. The second-order valence-corrected chi connectivity index (χ2v) is 6.26. The van der Waals surface area contributed by atoms with Crippen LogP contribution in [0.1, 0.15) is 26.7 Å². The number of carbonyl (C=O) groups excluding carboxylic acids is 1. The van der Waals surface area contributed by atoms with Crippen molar-refractivity contribution < 1.29 is 30.0 Å². The Balaban J connectivity index is 2.59. The summed E-state index contributed by atoms with van der Waals surface area (Å²) in [5, 5.41) is 41.0. The molecule has 8 heteroatoms. The Morgan fingerprint density at radius 2 is 1.91 bits per heavy atom. The lowest BCUT2D eigenvalue weighted by molar-refractivity contribution is -0.253. The van der Waals surface area contributed by atoms with E-state index in [-0.39, 0.29) is 18.2 Å². The van der Waals surface area contributed by atoms with E-state index in [1.807, 2.05) is 13.8 Å². The molecule has 1 amide bonds. The van der Waals surface area contributed by atoms with Gasteiger partial charge in [-0.1, -0.05) is 13.8 Å². The van der Waals surface area contributed by atoms with Gasteiger partial charge in [-0.3, -0.25) is 4.79 Å². The molecule has 0 bridgehead atoms. The second-order valence-electron chi connectivity index (χ2n) is 6.26. The molecule has 0 aromatic heterocycles. The number of hydrogen-bond acceptors (Lipinski definition) is 7. The first kappa shape index (κ1) is 19.3. The third-order valence-corrected chi connectivity index (χ3v) is 3.84. The Hall–Kier alpha value is -0.770. The van der Waals surface area contributed by atoms with E-state index >= 15 is 0 Å². The van der Waals surface area contributed by atoms with Crippen molar-refractivity contribution in [1.29, 1.82) is 0 Å². The molecule has 1 aliphatic heterocycles. The molecule has 1 fully saturated rings. The van der Waals surface area contributed by atoms with Gasteiger partial charge in [0.15, 0.2) is 6.29 Å². The van der Waals surface area contributed by atoms with E-state index < -0.39 is 37.3 Å². The second kappa shape index (κ2) is 8.76. The van der Waals surface area contributed by atoms with Crippen LogP contribution in [-0.2, 0) is 9.53 Å². The van der Waals surface area contributed by atoms with Gasteiger partial charge in [0.05, 0.1) is 6.61 Å². The standard InChI is InChI=1S/C14H28N2O6/c1-7(2)3-8(5-15)4-10(18)16-11-13(20)12(19)9(6-17)22-14(11)21/h7-9,11-14,17,19-21H,3-6,15H2,1-2H3,(H,16,18)/t8-,9+,11-,12+,13+,14-/m0/s1. The molecule has 1 heterocycles. The summed E-state index contributed by atoms with van der Waals surface area (Å²) in [7, 11) is 0. The van der Waals surface area contributed by atoms with Gasteiger partial charge >= 0.3 is 0 Å². The number of carbonyl (C=O) groups is 1. The zero-order valence-electron chi connectivity index (χ0n) is 13.1. The summed E-state index contributed by atoms with van der Waals surface area (Å²) in [5.74, 6) is 0.0361. The van der Waals surface area contributed by atoms with Crippen LogP contribution in [-0.4, -0.2) is 70.1 Å². The van der Waals surface area contributed by atoms with Gasteiger partial charge in [0.2, 0.25) is 5.91 Å². The number of nitrogens with two attached hydrogens (primary N) is 1. The fourth-order valence-corrected chi connectivity index (χ4v) is 2.69. The Bertz CT molecular complexity index is 354. The van der Waals surface area contributed by atoms with Gasteiger partial charge in [-0.05, 0) is 24.8 Å². The molecule has 22 heavy (non-hydrogen) atoms. The molecule has 130 valence electrons. The topological polar surface area (TPSA) is 145 Å². The zero-order valence-corrected chi connectivity index (χ0v) is 13.1. The molecule has 0 unspecified atom stereocenters. The number of rotatable bonds is 7. The molecule has 0 saturated carbocycles. The quantitative estimate of drug-likeness (QED) is 0.315. The minimum Gasteiger partial charge on any atom is -0.394 e. The lowest BCUT2D eigenvalue weighted by atomic mass is 9.93. The monoisotopic (exact) mass is 320 g/mol. The van der Waals surface area contributed by atoms with Crippen LogP contribution in [0.15, 0.2) is 0 Å². The lowest BCUT2D eigenvalue weighted by Gasteiger charge is -2.40. The third kappa shape index (κ3) is 5.15. The van der Waals surface area contributed by atoms with Crippen molar-refractivity contribution in [2.75, 3.05) is 13.2 Å². The van der Waals surface area contributed by atoms with E-state index in [1.54, 1.807) is 0 Å². The molecule has 1 rings (SSSR count). The number of ether oxygens (including phenoxy) is 1. The van der Waals surface area contributed by atoms with Crippen molar-refractivity contribution >= 4 is 5.91 Å². The Morgan fingerprint density at radius 3 is 2.41 bits per heavy atom. The Labute approximate surface area is 130 Å². The summed E-state index contributed by atoms with van der Waals surface area (Å²) >= 11 is 0. The van der Waals surface area contributed by atoms with Crippen molar-refractivity contribution in [3.05, 3.63) is 0 Å². The minimum absolute atomic E-state index is 0.00825. The number of aliphatic hydroxyl groups is 4. The normalized spacial score (nSPS) is 33.7. The maximum Gasteiger partial charge on any atom is 0.220 e. The fraction of sp³-hybridized carbons (Fsp3) is 0.929. The van der Waals surface area contributed by atoms with Gasteiger partial charge in [0.25, 0.3) is 0 Å². The van der Waals surface area contributed by atoms with Gasteiger partial charge in [-0.2, -0.15) is 0 Å². The highest BCUT2D eigenvalue weighted by Crippen LogP contribution is 2.20. The van der Waals surface area contributed by atoms with Crippen LogP contribution in [0.3, 0.4) is 0 Å². The van der Waals surface area contributed by atoms with Crippen molar-refractivity contribution in [2.24, 2.45) is 17.6 Å². The average molecular weight is 320 g/mol. The van der Waals surface area contributed by atoms with Gasteiger partial charge in [-0.15, -0.1) is 0 Å². The van der Waals surface area contributed by atoms with Gasteiger partial charge in [0, 0.05) is 6.42 Å². The molecule has 1 saturated heterocycles. The fourth-order valence-electron chi connectivity index (χ4n) is 2.69.